The molecule has 0 fully saturated rings. The Bertz CT molecular complexity index is 3820. The summed E-state index contributed by atoms with van der Waals surface area (Å²) in [6.07, 6.45) is 7.71. The van der Waals surface area contributed by atoms with Gasteiger partial charge < -0.3 is 13.4 Å². The van der Waals surface area contributed by atoms with Crippen molar-refractivity contribution in [2.75, 3.05) is 0 Å². The minimum Gasteiger partial charge on any atom is -0.456 e. The molecule has 60 heavy (non-hydrogen) atoms. The van der Waals surface area contributed by atoms with E-state index in [2.05, 4.69) is 120 Å². The molecule has 12 rings (SSSR count). The normalized spacial score (nSPS) is 12.5. The van der Waals surface area contributed by atoms with E-state index in [-0.39, 0.29) is 0 Å². The zero-order chi connectivity index (χ0) is 39.9. The Hall–Kier alpha value is -8.09. The van der Waals surface area contributed by atoms with E-state index in [0.717, 1.165) is 82.7 Å². The lowest BCUT2D eigenvalue weighted by Gasteiger charge is -2.16. The molecule has 4 aromatic heterocycles. The molecule has 0 radical (unpaired) electrons. The maximum atomic E-state index is 6.61. The zero-order valence-electron chi connectivity index (χ0n) is 32.6. The quantitative estimate of drug-likeness (QED) is 0.158. The highest BCUT2D eigenvalue weighted by atomic mass is 16.3. The Balaban J connectivity index is 1.26. The standard InChI is InChI=1S/C54H34N4O2/c1-3-14-33(15-4-2)52-55-53(39-22-13-25-46-49(39)37-20-9-11-23-44(37)59-46)57-54(56-52)51-42(28-29-47-50(51)38-21-10-12-24-45(38)60-47)58-41-27-26-32-16-7-8-19-36(32)48(41)40-30-34-17-5-6-18-35(34)31-43(40)58/h3-31H,1H2,2H3/b15-4-,33-14+. The topological polar surface area (TPSA) is 69.9 Å². The Morgan fingerprint density at radius 1 is 0.533 bits per heavy atom. The minimum absolute atomic E-state index is 0.517. The molecule has 12 aromatic rings. The van der Waals surface area contributed by atoms with Crippen LogP contribution in [0.15, 0.2) is 191 Å². The molecule has 0 aliphatic rings. The van der Waals surface area contributed by atoms with Gasteiger partial charge in [0, 0.05) is 43.5 Å². The number of furan rings is 2. The van der Waals surface area contributed by atoms with Gasteiger partial charge in [0.1, 0.15) is 22.3 Å². The number of benzene rings is 8. The molecule has 8 aromatic carbocycles. The second-order valence-corrected chi connectivity index (χ2v) is 15.1. The molecule has 0 saturated heterocycles. The first-order valence-corrected chi connectivity index (χ1v) is 20.1. The number of para-hydroxylation sites is 2. The second-order valence-electron chi connectivity index (χ2n) is 15.1. The molecule has 282 valence electrons. The highest BCUT2D eigenvalue weighted by Gasteiger charge is 2.26. The fourth-order valence-corrected chi connectivity index (χ4v) is 9.16. The van der Waals surface area contributed by atoms with Crippen molar-refractivity contribution in [3.63, 3.8) is 0 Å². The van der Waals surface area contributed by atoms with Crippen molar-refractivity contribution in [3.8, 4) is 28.5 Å². The SMILES string of the molecule is C=C/C=C(\C=C/C)c1nc(-c2cccc3oc4ccccc4c23)nc(-c2c(-n3c4cc5ccccc5cc4c4c5ccccc5ccc43)ccc3oc4ccccc4c23)n1. The van der Waals surface area contributed by atoms with Gasteiger partial charge in [-0.15, -0.1) is 0 Å². The Morgan fingerprint density at radius 3 is 1.95 bits per heavy atom. The summed E-state index contributed by atoms with van der Waals surface area (Å²) < 4.78 is 15.4. The van der Waals surface area contributed by atoms with Crippen LogP contribution in [0, 0.1) is 0 Å². The van der Waals surface area contributed by atoms with Crippen LogP contribution in [0.25, 0.3) is 121 Å². The number of hydrogen-bond donors (Lipinski definition) is 0. The minimum atomic E-state index is 0.517. The third kappa shape index (κ3) is 5.04. The van der Waals surface area contributed by atoms with Crippen molar-refractivity contribution in [1.82, 2.24) is 19.5 Å². The van der Waals surface area contributed by atoms with Crippen molar-refractivity contribution < 1.29 is 8.83 Å². The molecule has 0 bridgehead atoms. The molecule has 0 N–H and O–H groups in total. The predicted octanol–water partition coefficient (Wildman–Crippen LogP) is 14.6. The fourth-order valence-electron chi connectivity index (χ4n) is 9.16. The summed E-state index contributed by atoms with van der Waals surface area (Å²) in [4.78, 5) is 16.1. The fraction of sp³-hybridized carbons (Fsp3) is 0.0185. The van der Waals surface area contributed by atoms with Crippen LogP contribution in [0.1, 0.15) is 12.7 Å². The van der Waals surface area contributed by atoms with Crippen molar-refractivity contribution in [3.05, 3.63) is 188 Å². The summed E-state index contributed by atoms with van der Waals surface area (Å²) in [7, 11) is 0. The van der Waals surface area contributed by atoms with Crippen molar-refractivity contribution in [2.45, 2.75) is 6.92 Å². The number of hydrogen-bond acceptors (Lipinski definition) is 5. The van der Waals surface area contributed by atoms with Crippen LogP contribution in [0.4, 0.5) is 0 Å². The number of nitrogens with zero attached hydrogens (tertiary/aromatic N) is 4. The molecular formula is C54H34N4O2. The zero-order valence-corrected chi connectivity index (χ0v) is 32.6. The first kappa shape index (κ1) is 34.0. The molecule has 4 heterocycles. The lowest BCUT2D eigenvalue weighted by Crippen LogP contribution is -2.05. The van der Waals surface area contributed by atoms with Gasteiger partial charge in [-0.05, 0) is 77.0 Å². The third-order valence-electron chi connectivity index (χ3n) is 11.7. The third-order valence-corrected chi connectivity index (χ3v) is 11.7. The van der Waals surface area contributed by atoms with E-state index in [0.29, 0.717) is 17.5 Å². The maximum absolute atomic E-state index is 6.61. The van der Waals surface area contributed by atoms with E-state index >= 15 is 0 Å². The highest BCUT2D eigenvalue weighted by Crippen LogP contribution is 2.45. The van der Waals surface area contributed by atoms with Gasteiger partial charge in [0.15, 0.2) is 17.5 Å². The number of fused-ring (bicyclic) bond motifs is 12. The Kier molecular flexibility index (Phi) is 7.50. The summed E-state index contributed by atoms with van der Waals surface area (Å²) in [5.74, 6) is 1.57. The number of rotatable bonds is 6. The first-order chi connectivity index (χ1) is 29.7. The molecule has 0 spiro atoms. The predicted molar refractivity (Wildman–Crippen MR) is 248 cm³/mol. The van der Waals surface area contributed by atoms with Gasteiger partial charge in [-0.1, -0.05) is 134 Å². The van der Waals surface area contributed by atoms with Crippen LogP contribution in [0.3, 0.4) is 0 Å². The lowest BCUT2D eigenvalue weighted by molar-refractivity contribution is 0.668. The summed E-state index contributed by atoms with van der Waals surface area (Å²) in [6, 6.07) is 52.9. The molecule has 6 heteroatoms. The molecule has 6 nitrogen and oxygen atoms in total. The second kappa shape index (κ2) is 13.2. The van der Waals surface area contributed by atoms with Crippen LogP contribution in [-0.4, -0.2) is 19.5 Å². The van der Waals surface area contributed by atoms with Gasteiger partial charge in [0.25, 0.3) is 0 Å². The molecule has 0 aliphatic carbocycles. The molecule has 0 aliphatic heterocycles. The average Bonchev–Trinajstić information content (AvgIpc) is 3.97. The Morgan fingerprint density at radius 2 is 1.18 bits per heavy atom. The first-order valence-electron chi connectivity index (χ1n) is 20.1. The summed E-state index contributed by atoms with van der Waals surface area (Å²) in [6.45, 7) is 6.04. The number of allylic oxidation sites excluding steroid dienone is 5. The monoisotopic (exact) mass is 770 g/mol. The van der Waals surface area contributed by atoms with E-state index in [4.69, 9.17) is 23.8 Å². The van der Waals surface area contributed by atoms with Gasteiger partial charge in [0.05, 0.1) is 22.3 Å². The van der Waals surface area contributed by atoms with Crippen molar-refractivity contribution >= 4 is 92.8 Å². The van der Waals surface area contributed by atoms with Crippen LogP contribution in [0.2, 0.25) is 0 Å². The van der Waals surface area contributed by atoms with Crippen LogP contribution < -0.4 is 0 Å². The van der Waals surface area contributed by atoms with E-state index in [9.17, 15) is 0 Å². The van der Waals surface area contributed by atoms with Crippen LogP contribution in [-0.2, 0) is 0 Å². The van der Waals surface area contributed by atoms with E-state index in [1.54, 1.807) is 6.08 Å². The van der Waals surface area contributed by atoms with E-state index < -0.39 is 0 Å². The molecule has 0 amide bonds. The van der Waals surface area contributed by atoms with Gasteiger partial charge in [-0.25, -0.2) is 15.0 Å². The molecule has 0 atom stereocenters. The van der Waals surface area contributed by atoms with Gasteiger partial charge in [-0.3, -0.25) is 0 Å². The van der Waals surface area contributed by atoms with E-state index in [1.807, 2.05) is 67.6 Å². The average molecular weight is 771 g/mol. The Labute approximate surface area is 343 Å². The van der Waals surface area contributed by atoms with Gasteiger partial charge in [-0.2, -0.15) is 0 Å². The number of aromatic nitrogens is 4. The van der Waals surface area contributed by atoms with Gasteiger partial charge in [0.2, 0.25) is 0 Å². The lowest BCUT2D eigenvalue weighted by atomic mass is 10.0. The van der Waals surface area contributed by atoms with Crippen molar-refractivity contribution in [1.29, 1.82) is 0 Å². The van der Waals surface area contributed by atoms with E-state index in [1.165, 1.54) is 26.9 Å². The van der Waals surface area contributed by atoms with Gasteiger partial charge >= 0.3 is 0 Å². The maximum Gasteiger partial charge on any atom is 0.166 e. The largest absolute Gasteiger partial charge is 0.456 e. The summed E-state index contributed by atoms with van der Waals surface area (Å²) >= 11 is 0. The van der Waals surface area contributed by atoms with Crippen molar-refractivity contribution in [2.24, 2.45) is 0 Å². The summed E-state index contributed by atoms with van der Waals surface area (Å²) in [5, 5.41) is 10.9. The van der Waals surface area contributed by atoms with Crippen LogP contribution in [0.5, 0.6) is 0 Å². The molecule has 0 saturated carbocycles. The van der Waals surface area contributed by atoms with Crippen LogP contribution >= 0.6 is 0 Å². The molecule has 0 unspecified atom stereocenters. The highest BCUT2D eigenvalue weighted by molar-refractivity contribution is 6.24. The summed E-state index contributed by atoms with van der Waals surface area (Å²) in [5.41, 5.74) is 8.68. The molecular weight excluding hydrogens is 737 g/mol. The smallest absolute Gasteiger partial charge is 0.166 e.